The maximum atomic E-state index is 14.7. The summed E-state index contributed by atoms with van der Waals surface area (Å²) in [6.45, 7) is 7.34. The molecule has 0 aliphatic heterocycles. The molecule has 0 aliphatic carbocycles. The van der Waals surface area contributed by atoms with E-state index >= 15 is 0 Å². The molecule has 0 fully saturated rings. The molecule has 1 amide bonds. The summed E-state index contributed by atoms with van der Waals surface area (Å²) >= 11 is 0. The van der Waals surface area contributed by atoms with Crippen molar-refractivity contribution in [2.24, 2.45) is 7.05 Å². The van der Waals surface area contributed by atoms with Crippen LogP contribution in [0.3, 0.4) is 0 Å². The van der Waals surface area contributed by atoms with Crippen molar-refractivity contribution in [1.82, 2.24) is 14.8 Å². The van der Waals surface area contributed by atoms with Crippen LogP contribution in [0.2, 0.25) is 0 Å². The second-order valence-electron chi connectivity index (χ2n) is 7.64. The molecule has 0 saturated heterocycles. The number of ether oxygens (including phenoxy) is 1. The van der Waals surface area contributed by atoms with Gasteiger partial charge in [0.25, 0.3) is 0 Å². The first-order chi connectivity index (χ1) is 15.6. The number of anilines is 3. The number of methoxy groups -OCH3 is 1. The van der Waals surface area contributed by atoms with Crippen LogP contribution in [0, 0.1) is 5.82 Å². The summed E-state index contributed by atoms with van der Waals surface area (Å²) in [6.07, 6.45) is 1.65. The second kappa shape index (κ2) is 10.1. The van der Waals surface area contributed by atoms with Crippen LogP contribution in [0.15, 0.2) is 30.5 Å². The van der Waals surface area contributed by atoms with E-state index in [0.29, 0.717) is 33.9 Å². The summed E-state index contributed by atoms with van der Waals surface area (Å²) in [4.78, 5) is 28.1. The number of nitrogens with one attached hydrogen (secondary N) is 2. The zero-order chi connectivity index (χ0) is 24.3. The Balaban J connectivity index is 2.14. The zero-order valence-electron chi connectivity index (χ0n) is 19.5. The lowest BCUT2D eigenvalue weighted by Gasteiger charge is -2.17. The zero-order valence-corrected chi connectivity index (χ0v) is 20.4. The summed E-state index contributed by atoms with van der Waals surface area (Å²) < 4.78 is 22.1. The SMILES string of the molecule is CCC(=O)c1cnc(NC(C)=O)cc1Nc1cc(F)cc(-c2cc(P(C)C)n(C)n2)c1OC. The highest BCUT2D eigenvalue weighted by Crippen LogP contribution is 2.39. The molecular formula is C23H27FN5O3P. The topological polar surface area (TPSA) is 98.1 Å². The molecule has 2 aromatic heterocycles. The van der Waals surface area contributed by atoms with E-state index < -0.39 is 13.7 Å². The molecule has 174 valence electrons. The number of Topliss-reactive ketones (excluding diaryl/α,β-unsaturated/α-hetero) is 1. The lowest BCUT2D eigenvalue weighted by molar-refractivity contribution is -0.114. The summed E-state index contributed by atoms with van der Waals surface area (Å²) in [7, 11) is 2.94. The van der Waals surface area contributed by atoms with Gasteiger partial charge in [0.2, 0.25) is 5.91 Å². The van der Waals surface area contributed by atoms with Crippen LogP contribution in [0.4, 0.5) is 21.6 Å². The number of ketones is 1. The fraction of sp³-hybridized carbons (Fsp3) is 0.304. The number of carbonyl (C=O) groups is 2. The summed E-state index contributed by atoms with van der Waals surface area (Å²) in [6, 6.07) is 6.13. The number of pyridine rings is 1. The first kappa shape index (κ1) is 24.3. The van der Waals surface area contributed by atoms with Crippen molar-refractivity contribution in [3.05, 3.63) is 41.8 Å². The van der Waals surface area contributed by atoms with Gasteiger partial charge >= 0.3 is 0 Å². The van der Waals surface area contributed by atoms with Crippen molar-refractivity contribution in [2.75, 3.05) is 31.1 Å². The minimum absolute atomic E-state index is 0.149. The van der Waals surface area contributed by atoms with Crippen molar-refractivity contribution in [3.8, 4) is 17.0 Å². The largest absolute Gasteiger partial charge is 0.494 e. The average Bonchev–Trinajstić information content (AvgIpc) is 3.14. The lowest BCUT2D eigenvalue weighted by Crippen LogP contribution is -2.11. The van der Waals surface area contributed by atoms with Gasteiger partial charge in [0, 0.05) is 44.3 Å². The minimum atomic E-state index is -0.490. The number of aryl methyl sites for hydroxylation is 1. The monoisotopic (exact) mass is 471 g/mol. The average molecular weight is 471 g/mol. The standard InChI is InChI=1S/C23H27FN5O3P/c1-7-20(31)16-12-25-21(26-13(2)30)10-17(16)27-19-9-14(24)8-15(23(19)32-4)18-11-22(33(5)6)29(3)28-18/h8-12H,7H2,1-6H3,(H2,25,26,27,30). The van der Waals surface area contributed by atoms with E-state index in [9.17, 15) is 14.0 Å². The molecule has 0 bridgehead atoms. The van der Waals surface area contributed by atoms with Crippen LogP contribution in [0.25, 0.3) is 11.3 Å². The Hall–Kier alpha value is -3.32. The van der Waals surface area contributed by atoms with Gasteiger partial charge in [-0.1, -0.05) is 14.8 Å². The highest BCUT2D eigenvalue weighted by molar-refractivity contribution is 7.63. The van der Waals surface area contributed by atoms with Gasteiger partial charge in [-0.2, -0.15) is 5.10 Å². The van der Waals surface area contributed by atoms with Crippen LogP contribution in [0.5, 0.6) is 5.75 Å². The van der Waals surface area contributed by atoms with E-state index in [4.69, 9.17) is 4.74 Å². The molecule has 8 nitrogen and oxygen atoms in total. The van der Waals surface area contributed by atoms with Gasteiger partial charge in [-0.15, -0.1) is 0 Å². The number of carbonyl (C=O) groups excluding carboxylic acids is 2. The minimum Gasteiger partial charge on any atom is -0.494 e. The molecule has 0 atom stereocenters. The van der Waals surface area contributed by atoms with Crippen LogP contribution in [0.1, 0.15) is 30.6 Å². The first-order valence-corrected chi connectivity index (χ1v) is 12.5. The van der Waals surface area contributed by atoms with Crippen molar-refractivity contribution in [2.45, 2.75) is 20.3 Å². The number of halogens is 1. The van der Waals surface area contributed by atoms with E-state index in [1.165, 1.54) is 38.4 Å². The Bertz CT molecular complexity index is 1210. The number of hydrogen-bond donors (Lipinski definition) is 2. The van der Waals surface area contributed by atoms with Crippen molar-refractivity contribution in [3.63, 3.8) is 0 Å². The molecule has 2 N–H and O–H groups in total. The first-order valence-electron chi connectivity index (χ1n) is 10.3. The van der Waals surface area contributed by atoms with Gasteiger partial charge in [0.15, 0.2) is 11.5 Å². The number of hydrogen-bond acceptors (Lipinski definition) is 6. The Morgan fingerprint density at radius 2 is 1.91 bits per heavy atom. The third-order valence-corrected chi connectivity index (χ3v) is 6.28. The molecule has 0 spiro atoms. The molecule has 0 unspecified atom stereocenters. The van der Waals surface area contributed by atoms with Gasteiger partial charge in [-0.25, -0.2) is 9.37 Å². The molecular weight excluding hydrogens is 444 g/mol. The summed E-state index contributed by atoms with van der Waals surface area (Å²) in [5.74, 6) is -0.294. The Kier molecular flexibility index (Phi) is 7.43. The molecule has 1 aromatic carbocycles. The molecule has 0 aliphatic rings. The summed E-state index contributed by atoms with van der Waals surface area (Å²) in [5, 5.41) is 10.3. The highest BCUT2D eigenvalue weighted by Gasteiger charge is 2.20. The van der Waals surface area contributed by atoms with Crippen LogP contribution in [-0.4, -0.2) is 46.9 Å². The van der Waals surface area contributed by atoms with Gasteiger partial charge in [-0.3, -0.25) is 14.3 Å². The van der Waals surface area contributed by atoms with E-state index in [1.807, 2.05) is 13.1 Å². The molecule has 2 heterocycles. The van der Waals surface area contributed by atoms with Gasteiger partial charge in [0.1, 0.15) is 11.6 Å². The predicted octanol–water partition coefficient (Wildman–Crippen LogP) is 4.29. The molecule has 33 heavy (non-hydrogen) atoms. The highest BCUT2D eigenvalue weighted by atomic mass is 31.1. The molecule has 0 radical (unpaired) electrons. The normalized spacial score (nSPS) is 10.9. The van der Waals surface area contributed by atoms with Gasteiger partial charge in [-0.05, 0) is 25.5 Å². The Morgan fingerprint density at radius 1 is 1.18 bits per heavy atom. The third kappa shape index (κ3) is 5.37. The molecule has 3 rings (SSSR count). The Labute approximate surface area is 193 Å². The lowest BCUT2D eigenvalue weighted by atomic mass is 10.1. The van der Waals surface area contributed by atoms with Gasteiger partial charge < -0.3 is 15.4 Å². The number of nitrogens with zero attached hydrogens (tertiary/aromatic N) is 3. The smallest absolute Gasteiger partial charge is 0.222 e. The number of rotatable bonds is 8. The van der Waals surface area contributed by atoms with E-state index in [-0.39, 0.29) is 23.9 Å². The predicted molar refractivity (Wildman–Crippen MR) is 130 cm³/mol. The third-order valence-electron chi connectivity index (χ3n) is 4.95. The second-order valence-corrected chi connectivity index (χ2v) is 9.89. The maximum absolute atomic E-state index is 14.7. The van der Waals surface area contributed by atoms with E-state index in [0.717, 1.165) is 5.44 Å². The van der Waals surface area contributed by atoms with Crippen molar-refractivity contribution >= 4 is 42.2 Å². The Morgan fingerprint density at radius 3 is 2.48 bits per heavy atom. The number of amides is 1. The number of benzene rings is 1. The van der Waals surface area contributed by atoms with E-state index in [1.54, 1.807) is 11.6 Å². The number of aromatic nitrogens is 3. The van der Waals surface area contributed by atoms with Crippen LogP contribution >= 0.6 is 7.92 Å². The summed E-state index contributed by atoms with van der Waals surface area (Å²) in [5.41, 5.74) is 3.15. The van der Waals surface area contributed by atoms with E-state index in [2.05, 4.69) is 34.0 Å². The van der Waals surface area contributed by atoms with Crippen molar-refractivity contribution < 1.29 is 18.7 Å². The molecule has 0 saturated carbocycles. The van der Waals surface area contributed by atoms with Gasteiger partial charge in [0.05, 0.1) is 35.2 Å². The fourth-order valence-electron chi connectivity index (χ4n) is 3.47. The fourth-order valence-corrected chi connectivity index (χ4v) is 4.47. The van der Waals surface area contributed by atoms with Crippen molar-refractivity contribution in [1.29, 1.82) is 0 Å². The quantitative estimate of drug-likeness (QED) is 0.376. The van der Waals surface area contributed by atoms with Crippen LogP contribution < -0.4 is 20.8 Å². The van der Waals surface area contributed by atoms with Crippen LogP contribution in [-0.2, 0) is 11.8 Å². The molecule has 10 heteroatoms. The maximum Gasteiger partial charge on any atom is 0.222 e. The molecule has 3 aromatic rings.